The standard InChI is InChI=1S/C16H15ClN6O/c1-11(16(24)20-14-4-2-12(17)3-5-14)19-13-6-8-15(9-7-13)23-10-18-21-22-23/h2-11,19H,1H3,(H,20,24)/t11-/m1/s1. The number of amides is 1. The molecule has 0 radical (unpaired) electrons. The Kier molecular flexibility index (Phi) is 4.72. The summed E-state index contributed by atoms with van der Waals surface area (Å²) in [5.41, 5.74) is 2.36. The van der Waals surface area contributed by atoms with Gasteiger partial charge in [-0.3, -0.25) is 4.79 Å². The molecule has 0 fully saturated rings. The highest BCUT2D eigenvalue weighted by Crippen LogP contribution is 2.15. The lowest BCUT2D eigenvalue weighted by Crippen LogP contribution is -2.31. The maximum Gasteiger partial charge on any atom is 0.246 e. The minimum Gasteiger partial charge on any atom is -0.374 e. The Balaban J connectivity index is 1.60. The molecule has 0 aliphatic carbocycles. The lowest BCUT2D eigenvalue weighted by atomic mass is 10.2. The van der Waals surface area contributed by atoms with Crippen LogP contribution in [0.4, 0.5) is 11.4 Å². The molecule has 0 unspecified atom stereocenters. The second-order valence-electron chi connectivity index (χ2n) is 5.16. The van der Waals surface area contributed by atoms with E-state index in [1.54, 1.807) is 35.9 Å². The second-order valence-corrected chi connectivity index (χ2v) is 5.60. The molecular weight excluding hydrogens is 328 g/mol. The summed E-state index contributed by atoms with van der Waals surface area (Å²) >= 11 is 5.83. The van der Waals surface area contributed by atoms with E-state index in [0.717, 1.165) is 11.4 Å². The number of hydrogen-bond acceptors (Lipinski definition) is 5. The van der Waals surface area contributed by atoms with Crippen molar-refractivity contribution in [2.75, 3.05) is 10.6 Å². The third-order valence-electron chi connectivity index (χ3n) is 3.37. The number of nitrogens with zero attached hydrogens (tertiary/aromatic N) is 4. The topological polar surface area (TPSA) is 84.7 Å². The van der Waals surface area contributed by atoms with Gasteiger partial charge in [0.2, 0.25) is 5.91 Å². The van der Waals surface area contributed by atoms with Gasteiger partial charge in [-0.25, -0.2) is 4.68 Å². The van der Waals surface area contributed by atoms with Crippen LogP contribution in [0.25, 0.3) is 5.69 Å². The SMILES string of the molecule is C[C@@H](Nc1ccc(-n2cnnn2)cc1)C(=O)Nc1ccc(Cl)cc1. The van der Waals surface area contributed by atoms with Crippen LogP contribution in [0.15, 0.2) is 54.9 Å². The smallest absolute Gasteiger partial charge is 0.246 e. The van der Waals surface area contributed by atoms with Crippen LogP contribution in [0.2, 0.25) is 5.02 Å². The fourth-order valence-corrected chi connectivity index (χ4v) is 2.22. The van der Waals surface area contributed by atoms with Gasteiger partial charge >= 0.3 is 0 Å². The van der Waals surface area contributed by atoms with Crippen molar-refractivity contribution >= 4 is 28.9 Å². The Morgan fingerprint density at radius 3 is 2.38 bits per heavy atom. The Bertz CT molecular complexity index is 802. The maximum absolute atomic E-state index is 12.2. The highest BCUT2D eigenvalue weighted by molar-refractivity contribution is 6.30. The zero-order valence-corrected chi connectivity index (χ0v) is 13.6. The van der Waals surface area contributed by atoms with E-state index in [-0.39, 0.29) is 5.91 Å². The largest absolute Gasteiger partial charge is 0.374 e. The van der Waals surface area contributed by atoms with Gasteiger partial charge in [-0.05, 0) is 65.9 Å². The number of carbonyl (C=O) groups is 1. The van der Waals surface area contributed by atoms with E-state index in [1.165, 1.54) is 6.33 Å². The number of anilines is 2. The van der Waals surface area contributed by atoms with Crippen LogP contribution < -0.4 is 10.6 Å². The molecule has 2 N–H and O–H groups in total. The summed E-state index contributed by atoms with van der Waals surface area (Å²) in [6, 6.07) is 14.0. The Labute approximate surface area is 143 Å². The molecule has 3 aromatic rings. The summed E-state index contributed by atoms with van der Waals surface area (Å²) in [5, 5.41) is 17.6. The first-order valence-electron chi connectivity index (χ1n) is 7.28. The van der Waals surface area contributed by atoms with Crippen LogP contribution in [0, 0.1) is 0 Å². The van der Waals surface area contributed by atoms with Crippen molar-refractivity contribution in [1.82, 2.24) is 20.2 Å². The van der Waals surface area contributed by atoms with E-state index < -0.39 is 6.04 Å². The number of nitrogens with one attached hydrogen (secondary N) is 2. The van der Waals surface area contributed by atoms with Crippen molar-refractivity contribution in [2.24, 2.45) is 0 Å². The molecule has 3 rings (SSSR count). The van der Waals surface area contributed by atoms with E-state index in [1.807, 2.05) is 24.3 Å². The van der Waals surface area contributed by atoms with Crippen LogP contribution in [-0.4, -0.2) is 32.2 Å². The Hall–Kier alpha value is -2.93. The molecule has 1 heterocycles. The van der Waals surface area contributed by atoms with E-state index in [0.29, 0.717) is 10.7 Å². The van der Waals surface area contributed by atoms with Gasteiger partial charge in [0.15, 0.2) is 0 Å². The summed E-state index contributed by atoms with van der Waals surface area (Å²) in [5.74, 6) is -0.137. The summed E-state index contributed by atoms with van der Waals surface area (Å²) in [6.07, 6.45) is 1.52. The molecule has 1 aromatic heterocycles. The van der Waals surface area contributed by atoms with E-state index in [4.69, 9.17) is 11.6 Å². The zero-order valence-electron chi connectivity index (χ0n) is 12.8. The van der Waals surface area contributed by atoms with Crippen molar-refractivity contribution < 1.29 is 4.79 Å². The molecule has 1 atom stereocenters. The van der Waals surface area contributed by atoms with Crippen LogP contribution in [0.5, 0.6) is 0 Å². The number of tetrazole rings is 1. The first-order chi connectivity index (χ1) is 11.6. The molecule has 0 saturated carbocycles. The van der Waals surface area contributed by atoms with Crippen LogP contribution >= 0.6 is 11.6 Å². The summed E-state index contributed by atoms with van der Waals surface area (Å²) < 4.78 is 1.56. The number of halogens is 1. The van der Waals surface area contributed by atoms with Crippen molar-refractivity contribution in [3.8, 4) is 5.69 Å². The Morgan fingerprint density at radius 2 is 1.75 bits per heavy atom. The molecule has 2 aromatic carbocycles. The van der Waals surface area contributed by atoms with Gasteiger partial charge in [0.1, 0.15) is 12.4 Å². The van der Waals surface area contributed by atoms with Gasteiger partial charge in [0.05, 0.1) is 5.69 Å². The molecule has 0 bridgehead atoms. The van der Waals surface area contributed by atoms with Crippen molar-refractivity contribution in [2.45, 2.75) is 13.0 Å². The van der Waals surface area contributed by atoms with E-state index >= 15 is 0 Å². The highest BCUT2D eigenvalue weighted by Gasteiger charge is 2.13. The van der Waals surface area contributed by atoms with Crippen LogP contribution in [0.3, 0.4) is 0 Å². The fourth-order valence-electron chi connectivity index (χ4n) is 2.09. The monoisotopic (exact) mass is 342 g/mol. The van der Waals surface area contributed by atoms with Gasteiger partial charge in [-0.2, -0.15) is 0 Å². The van der Waals surface area contributed by atoms with Crippen molar-refractivity contribution in [3.05, 3.63) is 59.9 Å². The average molecular weight is 343 g/mol. The molecule has 0 saturated heterocycles. The first-order valence-corrected chi connectivity index (χ1v) is 7.66. The average Bonchev–Trinajstić information content (AvgIpc) is 3.12. The van der Waals surface area contributed by atoms with E-state index in [9.17, 15) is 4.79 Å². The highest BCUT2D eigenvalue weighted by atomic mass is 35.5. The maximum atomic E-state index is 12.2. The molecule has 1 amide bonds. The predicted molar refractivity (Wildman–Crippen MR) is 92.3 cm³/mol. The number of carbonyl (C=O) groups excluding carboxylic acids is 1. The third-order valence-corrected chi connectivity index (χ3v) is 3.62. The number of hydrogen-bond donors (Lipinski definition) is 2. The number of rotatable bonds is 5. The molecule has 8 heteroatoms. The molecule has 24 heavy (non-hydrogen) atoms. The zero-order chi connectivity index (χ0) is 16.9. The number of benzene rings is 2. The molecule has 122 valence electrons. The first kappa shape index (κ1) is 15.9. The lowest BCUT2D eigenvalue weighted by Gasteiger charge is -2.15. The van der Waals surface area contributed by atoms with Gasteiger partial charge in [0.25, 0.3) is 0 Å². The normalized spacial score (nSPS) is 11.8. The third kappa shape index (κ3) is 3.88. The fraction of sp³-hybridized carbons (Fsp3) is 0.125. The molecule has 0 aliphatic rings. The van der Waals surface area contributed by atoms with Gasteiger partial charge in [0, 0.05) is 16.4 Å². The van der Waals surface area contributed by atoms with Gasteiger partial charge in [-0.1, -0.05) is 11.6 Å². The van der Waals surface area contributed by atoms with Crippen molar-refractivity contribution in [1.29, 1.82) is 0 Å². The van der Waals surface area contributed by atoms with Gasteiger partial charge < -0.3 is 10.6 Å². The van der Waals surface area contributed by atoms with E-state index in [2.05, 4.69) is 26.2 Å². The second kappa shape index (κ2) is 7.10. The summed E-state index contributed by atoms with van der Waals surface area (Å²) in [4.78, 5) is 12.2. The minimum absolute atomic E-state index is 0.137. The van der Waals surface area contributed by atoms with Crippen LogP contribution in [-0.2, 0) is 4.79 Å². The minimum atomic E-state index is -0.403. The molecular formula is C16H15ClN6O. The van der Waals surface area contributed by atoms with Crippen LogP contribution in [0.1, 0.15) is 6.92 Å². The molecule has 7 nitrogen and oxygen atoms in total. The quantitative estimate of drug-likeness (QED) is 0.744. The van der Waals surface area contributed by atoms with Crippen molar-refractivity contribution in [3.63, 3.8) is 0 Å². The molecule has 0 aliphatic heterocycles. The van der Waals surface area contributed by atoms with Gasteiger partial charge in [-0.15, -0.1) is 5.10 Å². The lowest BCUT2D eigenvalue weighted by molar-refractivity contribution is -0.116. The summed E-state index contributed by atoms with van der Waals surface area (Å²) in [6.45, 7) is 1.79. The number of aromatic nitrogens is 4. The Morgan fingerprint density at radius 1 is 1.08 bits per heavy atom. The molecule has 0 spiro atoms. The predicted octanol–water partition coefficient (Wildman–Crippen LogP) is 2.75. The summed E-state index contributed by atoms with van der Waals surface area (Å²) in [7, 11) is 0.